The highest BCUT2D eigenvalue weighted by molar-refractivity contribution is 5.54. The minimum absolute atomic E-state index is 0.255. The molecule has 2 fully saturated rings. The predicted molar refractivity (Wildman–Crippen MR) is 88.0 cm³/mol. The Kier molecular flexibility index (Phi) is 5.07. The fourth-order valence-corrected chi connectivity index (χ4v) is 4.35. The molecule has 2 aliphatic carbocycles. The van der Waals surface area contributed by atoms with Crippen molar-refractivity contribution < 1.29 is 9.59 Å². The van der Waals surface area contributed by atoms with E-state index in [9.17, 15) is 9.59 Å². The molecular formula is C20H26O2. The van der Waals surface area contributed by atoms with Crippen molar-refractivity contribution in [3.8, 4) is 0 Å². The Hall–Kier alpha value is -1.44. The molecule has 0 heterocycles. The van der Waals surface area contributed by atoms with E-state index in [-0.39, 0.29) is 11.8 Å². The summed E-state index contributed by atoms with van der Waals surface area (Å²) >= 11 is 0. The van der Waals surface area contributed by atoms with E-state index in [0.29, 0.717) is 11.8 Å². The van der Waals surface area contributed by atoms with Gasteiger partial charge in [-0.3, -0.25) is 0 Å². The molecule has 3 rings (SSSR count). The molecule has 2 heteroatoms. The summed E-state index contributed by atoms with van der Waals surface area (Å²) in [6.07, 6.45) is 11.2. The highest BCUT2D eigenvalue weighted by atomic mass is 16.1. The van der Waals surface area contributed by atoms with Crippen LogP contribution in [0.25, 0.3) is 0 Å². The number of carbonyl (C=O) groups is 2. The Morgan fingerprint density at radius 1 is 0.682 bits per heavy atom. The fraction of sp³-hybridized carbons (Fsp3) is 0.600. The lowest BCUT2D eigenvalue weighted by atomic mass is 9.76. The Morgan fingerprint density at radius 2 is 1.09 bits per heavy atom. The lowest BCUT2D eigenvalue weighted by molar-refractivity contribution is -0.112. The first kappa shape index (κ1) is 15.5. The standard InChI is InChI=1S/C20H26O2/c21-13-15-3-1-5-19(11-15)17-7-9-18(10-8-17)20-6-2-4-16(12-20)14-22/h7-10,13-16,19-20H,1-6,11-12H2. The van der Waals surface area contributed by atoms with Gasteiger partial charge in [0.25, 0.3) is 0 Å². The summed E-state index contributed by atoms with van der Waals surface area (Å²) in [4.78, 5) is 22.1. The summed E-state index contributed by atoms with van der Waals surface area (Å²) in [6, 6.07) is 9.05. The second kappa shape index (κ2) is 7.21. The molecule has 22 heavy (non-hydrogen) atoms. The Bertz CT molecular complexity index is 458. The highest BCUT2D eigenvalue weighted by Crippen LogP contribution is 2.38. The predicted octanol–water partition coefficient (Wildman–Crippen LogP) is 4.63. The molecule has 0 N–H and O–H groups in total. The average molecular weight is 298 g/mol. The van der Waals surface area contributed by atoms with E-state index in [1.54, 1.807) is 0 Å². The molecule has 1 aromatic carbocycles. The summed E-state index contributed by atoms with van der Waals surface area (Å²) in [6.45, 7) is 0. The first-order valence-electron chi connectivity index (χ1n) is 8.80. The Morgan fingerprint density at radius 3 is 1.45 bits per heavy atom. The van der Waals surface area contributed by atoms with Gasteiger partial charge in [0, 0.05) is 11.8 Å². The third kappa shape index (κ3) is 3.48. The first-order valence-corrected chi connectivity index (χ1v) is 8.80. The van der Waals surface area contributed by atoms with Crippen LogP contribution in [0.1, 0.15) is 74.3 Å². The van der Waals surface area contributed by atoms with Crippen molar-refractivity contribution in [1.82, 2.24) is 0 Å². The number of rotatable bonds is 4. The zero-order valence-electron chi connectivity index (χ0n) is 13.2. The van der Waals surface area contributed by atoms with Crippen LogP contribution in [0.2, 0.25) is 0 Å². The molecule has 0 spiro atoms. The van der Waals surface area contributed by atoms with Crippen molar-refractivity contribution in [1.29, 1.82) is 0 Å². The van der Waals surface area contributed by atoms with Gasteiger partial charge in [-0.2, -0.15) is 0 Å². The maximum Gasteiger partial charge on any atom is 0.123 e. The minimum atomic E-state index is 0.255. The topological polar surface area (TPSA) is 34.1 Å². The third-order valence-corrected chi connectivity index (χ3v) is 5.69. The SMILES string of the molecule is O=CC1CCCC(c2ccc(C3CCCC(C=O)C3)cc2)C1. The average Bonchev–Trinajstić information content (AvgIpc) is 2.62. The summed E-state index contributed by atoms with van der Waals surface area (Å²) < 4.78 is 0. The second-order valence-corrected chi connectivity index (χ2v) is 7.19. The van der Waals surface area contributed by atoms with Crippen LogP contribution in [0.5, 0.6) is 0 Å². The molecular weight excluding hydrogens is 272 g/mol. The molecule has 0 aromatic heterocycles. The van der Waals surface area contributed by atoms with Crippen molar-refractivity contribution in [3.63, 3.8) is 0 Å². The van der Waals surface area contributed by atoms with E-state index in [2.05, 4.69) is 24.3 Å². The summed E-state index contributed by atoms with van der Waals surface area (Å²) in [5, 5.41) is 0. The number of hydrogen-bond donors (Lipinski definition) is 0. The van der Waals surface area contributed by atoms with Gasteiger partial charge in [0.2, 0.25) is 0 Å². The number of hydrogen-bond acceptors (Lipinski definition) is 2. The lowest BCUT2D eigenvalue weighted by Gasteiger charge is -2.28. The van der Waals surface area contributed by atoms with Crippen LogP contribution >= 0.6 is 0 Å². The quantitative estimate of drug-likeness (QED) is 0.759. The zero-order valence-corrected chi connectivity index (χ0v) is 13.2. The van der Waals surface area contributed by atoms with Gasteiger partial charge in [0.1, 0.15) is 12.6 Å². The van der Waals surface area contributed by atoms with Gasteiger partial charge in [-0.15, -0.1) is 0 Å². The van der Waals surface area contributed by atoms with Crippen LogP contribution in [-0.4, -0.2) is 12.6 Å². The molecule has 0 amide bonds. The molecule has 0 aliphatic heterocycles. The molecule has 0 bridgehead atoms. The fourth-order valence-electron chi connectivity index (χ4n) is 4.35. The van der Waals surface area contributed by atoms with Gasteiger partial charge < -0.3 is 9.59 Å². The number of aldehydes is 2. The molecule has 2 saturated carbocycles. The maximum atomic E-state index is 11.0. The second-order valence-electron chi connectivity index (χ2n) is 7.19. The van der Waals surface area contributed by atoms with E-state index in [1.165, 1.54) is 36.8 Å². The van der Waals surface area contributed by atoms with Gasteiger partial charge in [0.05, 0.1) is 0 Å². The van der Waals surface area contributed by atoms with Crippen LogP contribution in [0.4, 0.5) is 0 Å². The van der Waals surface area contributed by atoms with Gasteiger partial charge in [-0.25, -0.2) is 0 Å². The van der Waals surface area contributed by atoms with Crippen molar-refractivity contribution in [2.75, 3.05) is 0 Å². The molecule has 4 atom stereocenters. The van der Waals surface area contributed by atoms with Crippen LogP contribution < -0.4 is 0 Å². The van der Waals surface area contributed by atoms with Gasteiger partial charge in [-0.1, -0.05) is 37.1 Å². The normalized spacial score (nSPS) is 32.4. The van der Waals surface area contributed by atoms with Crippen molar-refractivity contribution in [2.24, 2.45) is 11.8 Å². The van der Waals surface area contributed by atoms with E-state index in [4.69, 9.17) is 0 Å². The summed E-state index contributed by atoms with van der Waals surface area (Å²) in [7, 11) is 0. The maximum absolute atomic E-state index is 11.0. The first-order chi connectivity index (χ1) is 10.8. The lowest BCUT2D eigenvalue weighted by Crippen LogP contribution is -2.16. The summed E-state index contributed by atoms with van der Waals surface area (Å²) in [5.74, 6) is 1.61. The zero-order chi connectivity index (χ0) is 15.4. The third-order valence-electron chi connectivity index (χ3n) is 5.69. The van der Waals surface area contributed by atoms with Crippen molar-refractivity contribution >= 4 is 12.6 Å². The monoisotopic (exact) mass is 298 g/mol. The van der Waals surface area contributed by atoms with Crippen molar-refractivity contribution in [3.05, 3.63) is 35.4 Å². The summed E-state index contributed by atoms with van der Waals surface area (Å²) in [5.41, 5.74) is 2.77. The molecule has 0 saturated heterocycles. The van der Waals surface area contributed by atoms with E-state index >= 15 is 0 Å². The molecule has 0 radical (unpaired) electrons. The molecule has 2 aliphatic rings. The Labute approximate surface area is 133 Å². The van der Waals surface area contributed by atoms with E-state index in [1.807, 2.05) is 0 Å². The number of benzene rings is 1. The molecule has 2 nitrogen and oxygen atoms in total. The smallest absolute Gasteiger partial charge is 0.123 e. The van der Waals surface area contributed by atoms with Crippen LogP contribution in [0, 0.1) is 11.8 Å². The van der Waals surface area contributed by atoms with Gasteiger partial charge in [0.15, 0.2) is 0 Å². The van der Waals surface area contributed by atoms with E-state index in [0.717, 1.165) is 38.3 Å². The van der Waals surface area contributed by atoms with Gasteiger partial charge >= 0.3 is 0 Å². The van der Waals surface area contributed by atoms with Crippen molar-refractivity contribution in [2.45, 2.75) is 63.2 Å². The van der Waals surface area contributed by atoms with E-state index < -0.39 is 0 Å². The number of carbonyl (C=O) groups excluding carboxylic acids is 2. The molecule has 118 valence electrons. The largest absolute Gasteiger partial charge is 0.303 e. The minimum Gasteiger partial charge on any atom is -0.303 e. The van der Waals surface area contributed by atoms with Crippen LogP contribution in [-0.2, 0) is 9.59 Å². The Balaban J connectivity index is 1.67. The van der Waals surface area contributed by atoms with Gasteiger partial charge in [-0.05, 0) is 61.5 Å². The molecule has 1 aromatic rings. The van der Waals surface area contributed by atoms with Crippen LogP contribution in [0.15, 0.2) is 24.3 Å². The molecule has 4 unspecified atom stereocenters. The highest BCUT2D eigenvalue weighted by Gasteiger charge is 2.25. The van der Waals surface area contributed by atoms with Crippen LogP contribution in [0.3, 0.4) is 0 Å².